The Bertz CT molecular complexity index is 1300. The molecule has 2 aromatic carbocycles. The van der Waals surface area contributed by atoms with Crippen LogP contribution in [0.3, 0.4) is 0 Å². The van der Waals surface area contributed by atoms with Gasteiger partial charge in [0.15, 0.2) is 0 Å². The van der Waals surface area contributed by atoms with Crippen molar-refractivity contribution in [3.8, 4) is 5.88 Å². The van der Waals surface area contributed by atoms with Crippen molar-refractivity contribution in [1.82, 2.24) is 9.97 Å². The average Bonchev–Trinajstić information content (AvgIpc) is 2.79. The molecule has 0 saturated heterocycles. The minimum Gasteiger partial charge on any atom is -0.478 e. The molecule has 0 radical (unpaired) electrons. The lowest BCUT2D eigenvalue weighted by atomic mass is 10.2. The zero-order chi connectivity index (χ0) is 24.9. The second kappa shape index (κ2) is 9.74. The number of nitrogens with zero attached hydrogens (tertiary/aromatic N) is 2. The van der Waals surface area contributed by atoms with Gasteiger partial charge in [0.1, 0.15) is 0 Å². The van der Waals surface area contributed by atoms with Crippen LogP contribution in [-0.2, 0) is 14.8 Å². The fraction of sp³-hybridized carbons (Fsp3) is 0.100. The summed E-state index contributed by atoms with van der Waals surface area (Å²) in [4.78, 5) is 30.9. The van der Waals surface area contributed by atoms with E-state index in [2.05, 4.69) is 20.0 Å². The maximum absolute atomic E-state index is 12.6. The lowest BCUT2D eigenvalue weighted by Gasteiger charge is -2.11. The summed E-state index contributed by atoms with van der Waals surface area (Å²) in [6.45, 7) is 0. The third kappa shape index (κ3) is 5.98. The molecule has 1 heterocycles. The number of sulfonamides is 1. The fourth-order valence-electron chi connectivity index (χ4n) is 2.56. The smallest absolute Gasteiger partial charge is 0.471 e. The summed E-state index contributed by atoms with van der Waals surface area (Å²) >= 11 is 0. The Morgan fingerprint density at radius 2 is 1.44 bits per heavy atom. The number of aromatic nitrogens is 2. The highest BCUT2D eigenvalue weighted by molar-refractivity contribution is 7.92. The van der Waals surface area contributed by atoms with Crippen LogP contribution in [-0.4, -0.2) is 43.5 Å². The Morgan fingerprint density at radius 3 is 2.03 bits per heavy atom. The van der Waals surface area contributed by atoms with Crippen LogP contribution >= 0.6 is 0 Å². The van der Waals surface area contributed by atoms with Crippen molar-refractivity contribution in [3.05, 3.63) is 66.5 Å². The Labute approximate surface area is 191 Å². The quantitative estimate of drug-likeness (QED) is 0.458. The molecule has 0 aliphatic carbocycles. The SMILES string of the molecule is COc1nccnc1NS(=O)(=O)c1ccc(NC(=O)c2ccc(NC(=O)C(F)(F)F)cc2)cc1. The van der Waals surface area contributed by atoms with Crippen molar-refractivity contribution in [1.29, 1.82) is 0 Å². The molecule has 14 heteroatoms. The molecule has 10 nitrogen and oxygen atoms in total. The number of benzene rings is 2. The molecule has 178 valence electrons. The van der Waals surface area contributed by atoms with E-state index in [1.54, 1.807) is 5.32 Å². The fourth-order valence-corrected chi connectivity index (χ4v) is 3.57. The molecule has 3 aromatic rings. The number of methoxy groups -OCH3 is 1. The van der Waals surface area contributed by atoms with E-state index < -0.39 is 28.0 Å². The van der Waals surface area contributed by atoms with Gasteiger partial charge in [-0.2, -0.15) is 13.2 Å². The van der Waals surface area contributed by atoms with Crippen LogP contribution in [0, 0.1) is 0 Å². The molecule has 0 atom stereocenters. The van der Waals surface area contributed by atoms with Crippen LogP contribution in [0.5, 0.6) is 5.88 Å². The van der Waals surface area contributed by atoms with E-state index in [9.17, 15) is 31.2 Å². The van der Waals surface area contributed by atoms with Crippen LogP contribution in [0.25, 0.3) is 0 Å². The lowest BCUT2D eigenvalue weighted by Crippen LogP contribution is -2.29. The number of carbonyl (C=O) groups is 2. The van der Waals surface area contributed by atoms with Crippen LogP contribution in [0.15, 0.2) is 65.8 Å². The van der Waals surface area contributed by atoms with Crippen LogP contribution < -0.4 is 20.1 Å². The number of anilines is 3. The van der Waals surface area contributed by atoms with Gasteiger partial charge in [0.2, 0.25) is 5.82 Å². The minimum atomic E-state index is -5.04. The normalized spacial score (nSPS) is 11.4. The second-order valence-electron chi connectivity index (χ2n) is 6.53. The summed E-state index contributed by atoms with van der Waals surface area (Å²) < 4.78 is 69.3. The van der Waals surface area contributed by atoms with Crippen molar-refractivity contribution in [2.45, 2.75) is 11.1 Å². The summed E-state index contributed by atoms with van der Waals surface area (Å²) in [6.07, 6.45) is -2.41. The number of hydrogen-bond acceptors (Lipinski definition) is 7. The van der Waals surface area contributed by atoms with E-state index in [1.807, 2.05) is 0 Å². The molecule has 0 spiro atoms. The van der Waals surface area contributed by atoms with E-state index >= 15 is 0 Å². The molecule has 0 bridgehead atoms. The molecule has 3 rings (SSSR count). The molecule has 0 unspecified atom stereocenters. The van der Waals surface area contributed by atoms with Crippen molar-refractivity contribution < 1.29 is 35.9 Å². The first-order valence-electron chi connectivity index (χ1n) is 9.27. The maximum atomic E-state index is 12.6. The number of halogens is 3. The zero-order valence-electron chi connectivity index (χ0n) is 17.3. The number of carbonyl (C=O) groups excluding carboxylic acids is 2. The molecule has 2 amide bonds. The van der Waals surface area contributed by atoms with Gasteiger partial charge in [-0.15, -0.1) is 0 Å². The van der Waals surface area contributed by atoms with Gasteiger partial charge >= 0.3 is 12.1 Å². The van der Waals surface area contributed by atoms with Gasteiger partial charge in [0, 0.05) is 29.3 Å². The predicted molar refractivity (Wildman–Crippen MR) is 115 cm³/mol. The van der Waals surface area contributed by atoms with Gasteiger partial charge in [-0.1, -0.05) is 0 Å². The minimum absolute atomic E-state index is 0.0149. The number of ether oxygens (including phenoxy) is 1. The number of rotatable bonds is 7. The highest BCUT2D eigenvalue weighted by Crippen LogP contribution is 2.23. The van der Waals surface area contributed by atoms with Gasteiger partial charge in [0.05, 0.1) is 12.0 Å². The largest absolute Gasteiger partial charge is 0.478 e. The summed E-state index contributed by atoms with van der Waals surface area (Å²) in [7, 11) is -2.72. The highest BCUT2D eigenvalue weighted by Gasteiger charge is 2.38. The highest BCUT2D eigenvalue weighted by atomic mass is 32.2. The van der Waals surface area contributed by atoms with E-state index in [0.29, 0.717) is 0 Å². The van der Waals surface area contributed by atoms with Crippen molar-refractivity contribution in [3.63, 3.8) is 0 Å². The Hall–Kier alpha value is -4.20. The number of hydrogen-bond donors (Lipinski definition) is 3. The van der Waals surface area contributed by atoms with E-state index in [1.165, 1.54) is 55.9 Å². The van der Waals surface area contributed by atoms with Crippen molar-refractivity contribution in [2.24, 2.45) is 0 Å². The van der Waals surface area contributed by atoms with E-state index in [4.69, 9.17) is 4.74 Å². The zero-order valence-corrected chi connectivity index (χ0v) is 18.1. The summed E-state index contributed by atoms with van der Waals surface area (Å²) in [5.41, 5.74) is 0.217. The van der Waals surface area contributed by atoms with Gasteiger partial charge in [0.25, 0.3) is 21.8 Å². The summed E-state index contributed by atoms with van der Waals surface area (Å²) in [5, 5.41) is 4.19. The van der Waals surface area contributed by atoms with Gasteiger partial charge in [-0.25, -0.2) is 18.4 Å². The third-order valence-corrected chi connectivity index (χ3v) is 5.53. The van der Waals surface area contributed by atoms with Gasteiger partial charge in [-0.3, -0.25) is 14.3 Å². The van der Waals surface area contributed by atoms with Crippen LogP contribution in [0.1, 0.15) is 10.4 Å². The lowest BCUT2D eigenvalue weighted by molar-refractivity contribution is -0.167. The topological polar surface area (TPSA) is 139 Å². The number of alkyl halides is 3. The first-order valence-corrected chi connectivity index (χ1v) is 10.8. The van der Waals surface area contributed by atoms with Crippen molar-refractivity contribution >= 4 is 39.0 Å². The second-order valence-corrected chi connectivity index (χ2v) is 8.21. The molecule has 1 aromatic heterocycles. The molecular weight excluding hydrogens is 479 g/mol. The van der Waals surface area contributed by atoms with E-state index in [-0.39, 0.29) is 33.5 Å². The molecule has 3 N–H and O–H groups in total. The molecular formula is C20H16F3N5O5S. The number of amides is 2. The standard InChI is InChI=1S/C20H16F3N5O5S/c1-33-18-16(24-10-11-25-18)28-34(31,32)15-8-6-13(7-9-15)26-17(29)12-2-4-14(5-3-12)27-19(30)20(21,22)23/h2-11H,1H3,(H,24,28)(H,26,29)(H,27,30). The van der Waals surface area contributed by atoms with Crippen LogP contribution in [0.2, 0.25) is 0 Å². The molecule has 0 aliphatic rings. The summed E-state index contributed by atoms with van der Waals surface area (Å²) in [6, 6.07) is 9.90. The Balaban J connectivity index is 1.66. The summed E-state index contributed by atoms with van der Waals surface area (Å²) in [5.74, 6) is -2.85. The predicted octanol–water partition coefficient (Wildman–Crippen LogP) is 3.04. The molecule has 0 saturated carbocycles. The molecule has 0 fully saturated rings. The molecule has 34 heavy (non-hydrogen) atoms. The first kappa shape index (κ1) is 24.4. The monoisotopic (exact) mass is 495 g/mol. The van der Waals surface area contributed by atoms with Crippen LogP contribution in [0.4, 0.5) is 30.4 Å². The van der Waals surface area contributed by atoms with Gasteiger partial charge < -0.3 is 15.4 Å². The first-order chi connectivity index (χ1) is 16.0. The number of nitrogens with one attached hydrogen (secondary N) is 3. The molecule has 0 aliphatic heterocycles. The third-order valence-electron chi connectivity index (χ3n) is 4.17. The Kier molecular flexibility index (Phi) is 7.00. The Morgan fingerprint density at radius 1 is 0.882 bits per heavy atom. The van der Waals surface area contributed by atoms with E-state index in [0.717, 1.165) is 12.1 Å². The van der Waals surface area contributed by atoms with Crippen molar-refractivity contribution in [2.75, 3.05) is 22.5 Å². The van der Waals surface area contributed by atoms with Gasteiger partial charge in [-0.05, 0) is 48.5 Å². The maximum Gasteiger partial charge on any atom is 0.471 e. The average molecular weight is 495 g/mol.